The molecule has 1 aromatic carbocycles. The van der Waals surface area contributed by atoms with Gasteiger partial charge < -0.3 is 25.0 Å². The third-order valence-electron chi connectivity index (χ3n) is 5.61. The van der Waals surface area contributed by atoms with E-state index < -0.39 is 0 Å². The van der Waals surface area contributed by atoms with Gasteiger partial charge in [-0.05, 0) is 43.0 Å². The van der Waals surface area contributed by atoms with Crippen molar-refractivity contribution in [3.8, 4) is 11.5 Å². The molecule has 0 radical (unpaired) electrons. The predicted octanol–water partition coefficient (Wildman–Crippen LogP) is 0.902. The summed E-state index contributed by atoms with van der Waals surface area (Å²) in [6, 6.07) is 5.77. The molecule has 27 heavy (non-hydrogen) atoms. The summed E-state index contributed by atoms with van der Waals surface area (Å²) in [4.78, 5) is 28.7. The first-order chi connectivity index (χ1) is 13.0. The van der Waals surface area contributed by atoms with Crippen LogP contribution in [0.25, 0.3) is 0 Å². The highest BCUT2D eigenvalue weighted by molar-refractivity contribution is 5.89. The standard InChI is InChI=1S/C20H29N3O4/c1-26-17-4-3-14(9-18(17)27-2)5-7-22-13-16(10-19(22)24)20(25)23-8-6-15(11-21)12-23/h3-4,9,15-16H,5-8,10-13,21H2,1-2H3. The molecular weight excluding hydrogens is 346 g/mol. The van der Waals surface area contributed by atoms with E-state index in [9.17, 15) is 9.59 Å². The van der Waals surface area contributed by atoms with Crippen LogP contribution < -0.4 is 15.2 Å². The molecule has 7 heteroatoms. The lowest BCUT2D eigenvalue weighted by Crippen LogP contribution is -2.36. The van der Waals surface area contributed by atoms with Gasteiger partial charge in [-0.1, -0.05) is 6.07 Å². The number of likely N-dealkylation sites (tertiary alicyclic amines) is 2. The van der Waals surface area contributed by atoms with Crippen molar-refractivity contribution in [2.75, 3.05) is 46.9 Å². The molecule has 2 fully saturated rings. The number of rotatable bonds is 7. The van der Waals surface area contributed by atoms with Gasteiger partial charge >= 0.3 is 0 Å². The van der Waals surface area contributed by atoms with Gasteiger partial charge in [0.15, 0.2) is 11.5 Å². The number of nitrogens with two attached hydrogens (primary N) is 1. The monoisotopic (exact) mass is 375 g/mol. The largest absolute Gasteiger partial charge is 0.493 e. The summed E-state index contributed by atoms with van der Waals surface area (Å²) in [5.74, 6) is 1.70. The summed E-state index contributed by atoms with van der Waals surface area (Å²) >= 11 is 0. The highest BCUT2D eigenvalue weighted by atomic mass is 16.5. The molecule has 2 heterocycles. The number of carbonyl (C=O) groups is 2. The zero-order valence-electron chi connectivity index (χ0n) is 16.1. The number of ether oxygens (including phenoxy) is 2. The van der Waals surface area contributed by atoms with Gasteiger partial charge in [0.05, 0.1) is 20.1 Å². The van der Waals surface area contributed by atoms with E-state index in [2.05, 4.69) is 0 Å². The van der Waals surface area contributed by atoms with Crippen LogP contribution in [0.4, 0.5) is 0 Å². The van der Waals surface area contributed by atoms with Gasteiger partial charge in [0, 0.05) is 32.6 Å². The second kappa shape index (κ2) is 8.61. The number of hydrogen-bond acceptors (Lipinski definition) is 5. The second-order valence-corrected chi connectivity index (χ2v) is 7.35. The van der Waals surface area contributed by atoms with E-state index in [4.69, 9.17) is 15.2 Å². The van der Waals surface area contributed by atoms with Gasteiger partial charge in [-0.15, -0.1) is 0 Å². The Kier molecular flexibility index (Phi) is 6.21. The molecule has 2 saturated heterocycles. The minimum absolute atomic E-state index is 0.0587. The molecule has 7 nitrogen and oxygen atoms in total. The zero-order chi connectivity index (χ0) is 19.4. The average Bonchev–Trinajstić information content (AvgIpc) is 3.32. The van der Waals surface area contributed by atoms with Crippen LogP contribution in [0.3, 0.4) is 0 Å². The number of methoxy groups -OCH3 is 2. The van der Waals surface area contributed by atoms with Crippen LogP contribution in [-0.2, 0) is 16.0 Å². The van der Waals surface area contributed by atoms with Crippen molar-refractivity contribution in [3.05, 3.63) is 23.8 Å². The first-order valence-corrected chi connectivity index (χ1v) is 9.53. The molecule has 2 aliphatic heterocycles. The van der Waals surface area contributed by atoms with Crippen molar-refractivity contribution < 1.29 is 19.1 Å². The first kappa shape index (κ1) is 19.5. The SMILES string of the molecule is COc1ccc(CCN2CC(C(=O)N3CCC(CN)C3)CC2=O)cc1OC. The van der Waals surface area contributed by atoms with Crippen molar-refractivity contribution in [2.45, 2.75) is 19.3 Å². The lowest BCUT2D eigenvalue weighted by Gasteiger charge is -2.21. The van der Waals surface area contributed by atoms with Crippen molar-refractivity contribution in [1.29, 1.82) is 0 Å². The van der Waals surface area contributed by atoms with E-state index in [1.807, 2.05) is 23.1 Å². The summed E-state index contributed by atoms with van der Waals surface area (Å²) in [5, 5.41) is 0. The van der Waals surface area contributed by atoms with Gasteiger partial charge in [-0.2, -0.15) is 0 Å². The Bertz CT molecular complexity index is 694. The van der Waals surface area contributed by atoms with Crippen molar-refractivity contribution in [1.82, 2.24) is 9.80 Å². The maximum absolute atomic E-state index is 12.7. The molecule has 0 spiro atoms. The minimum atomic E-state index is -0.223. The van der Waals surface area contributed by atoms with Gasteiger partial charge in [-0.25, -0.2) is 0 Å². The third kappa shape index (κ3) is 4.35. The molecule has 2 aliphatic rings. The predicted molar refractivity (Wildman–Crippen MR) is 102 cm³/mol. The minimum Gasteiger partial charge on any atom is -0.493 e. The van der Waals surface area contributed by atoms with Gasteiger partial charge in [0.25, 0.3) is 0 Å². The molecular formula is C20H29N3O4. The lowest BCUT2D eigenvalue weighted by atomic mass is 10.1. The van der Waals surface area contributed by atoms with E-state index in [1.54, 1.807) is 19.1 Å². The molecule has 0 aliphatic carbocycles. The summed E-state index contributed by atoms with van der Waals surface area (Å²) in [6.45, 7) is 3.21. The Labute approximate surface area is 160 Å². The van der Waals surface area contributed by atoms with E-state index in [0.29, 0.717) is 49.9 Å². The molecule has 0 bridgehead atoms. The summed E-state index contributed by atoms with van der Waals surface area (Å²) in [7, 11) is 3.21. The fraction of sp³-hybridized carbons (Fsp3) is 0.600. The number of amides is 2. The van der Waals surface area contributed by atoms with Crippen molar-refractivity contribution in [2.24, 2.45) is 17.6 Å². The molecule has 2 N–H and O–H groups in total. The first-order valence-electron chi connectivity index (χ1n) is 9.53. The van der Waals surface area contributed by atoms with E-state index in [-0.39, 0.29) is 17.7 Å². The van der Waals surface area contributed by atoms with Crippen LogP contribution in [0.1, 0.15) is 18.4 Å². The highest BCUT2D eigenvalue weighted by Gasteiger charge is 2.38. The number of carbonyl (C=O) groups excluding carboxylic acids is 2. The molecule has 2 unspecified atom stereocenters. The number of hydrogen-bond donors (Lipinski definition) is 1. The van der Waals surface area contributed by atoms with Gasteiger partial charge in [-0.3, -0.25) is 9.59 Å². The molecule has 1 aromatic rings. The summed E-state index contributed by atoms with van der Waals surface area (Å²) in [5.41, 5.74) is 6.78. The Morgan fingerprint density at radius 1 is 1.22 bits per heavy atom. The van der Waals surface area contributed by atoms with E-state index in [1.165, 1.54) is 0 Å². The Hall–Kier alpha value is -2.28. The highest BCUT2D eigenvalue weighted by Crippen LogP contribution is 2.28. The third-order valence-corrected chi connectivity index (χ3v) is 5.61. The Morgan fingerprint density at radius 2 is 2.00 bits per heavy atom. The topological polar surface area (TPSA) is 85.1 Å². The fourth-order valence-corrected chi connectivity index (χ4v) is 3.94. The van der Waals surface area contributed by atoms with Crippen molar-refractivity contribution >= 4 is 11.8 Å². The lowest BCUT2D eigenvalue weighted by molar-refractivity contribution is -0.135. The van der Waals surface area contributed by atoms with Crippen LogP contribution in [0.15, 0.2) is 18.2 Å². The second-order valence-electron chi connectivity index (χ2n) is 7.35. The Morgan fingerprint density at radius 3 is 2.67 bits per heavy atom. The van der Waals surface area contributed by atoms with Crippen LogP contribution >= 0.6 is 0 Å². The van der Waals surface area contributed by atoms with Crippen molar-refractivity contribution in [3.63, 3.8) is 0 Å². The number of benzene rings is 1. The Balaban J connectivity index is 1.54. The molecule has 2 amide bonds. The molecule has 148 valence electrons. The molecule has 0 aromatic heterocycles. The van der Waals surface area contributed by atoms with Crippen LogP contribution in [0.2, 0.25) is 0 Å². The van der Waals surface area contributed by atoms with Crippen LogP contribution in [0.5, 0.6) is 11.5 Å². The summed E-state index contributed by atoms with van der Waals surface area (Å²) in [6.07, 6.45) is 1.99. The average molecular weight is 375 g/mol. The molecule has 0 saturated carbocycles. The zero-order valence-corrected chi connectivity index (χ0v) is 16.1. The normalized spacial score (nSPS) is 22.4. The maximum Gasteiger partial charge on any atom is 0.228 e. The fourth-order valence-electron chi connectivity index (χ4n) is 3.94. The maximum atomic E-state index is 12.7. The molecule has 2 atom stereocenters. The van der Waals surface area contributed by atoms with Crippen LogP contribution in [0, 0.1) is 11.8 Å². The van der Waals surface area contributed by atoms with Crippen LogP contribution in [-0.4, -0.2) is 68.6 Å². The number of nitrogens with zero attached hydrogens (tertiary/aromatic N) is 2. The van der Waals surface area contributed by atoms with Gasteiger partial charge in [0.1, 0.15) is 0 Å². The van der Waals surface area contributed by atoms with Gasteiger partial charge in [0.2, 0.25) is 11.8 Å². The van der Waals surface area contributed by atoms with E-state index in [0.717, 1.165) is 25.1 Å². The molecule has 3 rings (SSSR count). The quantitative estimate of drug-likeness (QED) is 0.765. The van der Waals surface area contributed by atoms with E-state index >= 15 is 0 Å². The summed E-state index contributed by atoms with van der Waals surface area (Å²) < 4.78 is 10.6. The smallest absolute Gasteiger partial charge is 0.228 e.